The van der Waals surface area contributed by atoms with Gasteiger partial charge in [-0.25, -0.2) is 14.6 Å². The Kier molecular flexibility index (Phi) is 37.8. The Labute approximate surface area is 542 Å². The molecular weight excluding hydrogens is 1190 g/mol. The summed E-state index contributed by atoms with van der Waals surface area (Å²) >= 11 is 0. The fourth-order valence-electron chi connectivity index (χ4n) is 10.7. The van der Waals surface area contributed by atoms with Crippen LogP contribution in [0.25, 0.3) is 23.5 Å². The molecule has 0 spiro atoms. The third kappa shape index (κ3) is 23.5. The number of aliphatic hydroxyl groups is 1. The van der Waals surface area contributed by atoms with E-state index in [4.69, 9.17) is 29.7 Å². The molecule has 7 rings (SSSR count). The summed E-state index contributed by atoms with van der Waals surface area (Å²) in [7, 11) is 1.50. The van der Waals surface area contributed by atoms with Crippen molar-refractivity contribution in [1.82, 2.24) is 45.4 Å². The predicted molar refractivity (Wildman–Crippen MR) is 349 cm³/mol. The molecule has 0 bridgehead atoms. The van der Waals surface area contributed by atoms with Gasteiger partial charge in [0, 0.05) is 73.6 Å². The molecule has 3 unspecified atom stereocenters. The number of nitrogens with two attached hydrogens (primary N) is 2. The number of likely N-dealkylation sites (tertiary alicyclic amines) is 1. The van der Waals surface area contributed by atoms with Gasteiger partial charge in [-0.2, -0.15) is 0 Å². The van der Waals surface area contributed by atoms with Crippen LogP contribution in [0.3, 0.4) is 0 Å². The number of allylic oxidation sites excluding steroid dienone is 2. The Bertz CT molecular complexity index is 3050. The van der Waals surface area contributed by atoms with E-state index < -0.39 is 35.7 Å². The van der Waals surface area contributed by atoms with Gasteiger partial charge in [0.2, 0.25) is 35.6 Å². The molecule has 3 aromatic heterocycles. The van der Waals surface area contributed by atoms with Gasteiger partial charge in [0.15, 0.2) is 0 Å². The van der Waals surface area contributed by atoms with E-state index in [1.54, 1.807) is 48.2 Å². The van der Waals surface area contributed by atoms with Gasteiger partial charge in [0.25, 0.3) is 5.56 Å². The topological polar surface area (TPSA) is 360 Å². The number of rotatable bonds is 28. The number of hydrogen-bond donors (Lipinski definition) is 6. The standard InChI is InChI=1S/C38H51N5O9.C17H25N5O3.C4H8O2.C4H10O.C2H6.CH5N/c1-7-25-26-17-24(45)13-12-15-29(26)41-33-27(25)19-43-32(33)18-28(23(6)35(43)47)38(8-2,36(48)50-9-3)52-37(49)51-20-31(22(4)5)42-34(46)30(40-21-44)14-10-11-16-39;1-2-21-11-14(19-20-21)9-18-17(25)13-5-3-12(4-6-13)10-22-15(23)7-8-16(22)24;1-2-6-4-3-5;1-3-5-4-2;2*1-2/h13,15,17-18,21-22,30-31,45H,7-12,14,16,19-20,39H2,1-6H3,(H,40,44)(H,42,46);11-13H,2-10H2,1H3,(H,18,25);3H,2,4H2,1H3;3-4H2,1-2H3;1-2H3;2H2,1H3. The van der Waals surface area contributed by atoms with Crippen LogP contribution >= 0.6 is 0 Å². The number of aromatic nitrogens is 5. The van der Waals surface area contributed by atoms with Crippen LogP contribution < -0.4 is 43.5 Å². The second-order valence-corrected chi connectivity index (χ2v) is 21.8. The Morgan fingerprint density at radius 2 is 1.55 bits per heavy atom. The van der Waals surface area contributed by atoms with E-state index in [1.165, 1.54) is 11.9 Å². The average molecular weight is 1290 g/mol. The Morgan fingerprint density at radius 1 is 0.891 bits per heavy atom. The first-order chi connectivity index (χ1) is 44.3. The number of amides is 5. The number of fused-ring (bicyclic) bond motifs is 4. The van der Waals surface area contributed by atoms with Crippen molar-refractivity contribution in [3.8, 4) is 11.4 Å². The van der Waals surface area contributed by atoms with E-state index in [9.17, 15) is 48.3 Å². The number of unbranched alkanes of at least 4 members (excludes halogenated alkanes) is 1. The highest BCUT2D eigenvalue weighted by Gasteiger charge is 2.48. The fourth-order valence-corrected chi connectivity index (χ4v) is 10.7. The van der Waals surface area contributed by atoms with Gasteiger partial charge >= 0.3 is 12.1 Å². The molecule has 26 nitrogen and oxygen atoms in total. The van der Waals surface area contributed by atoms with Gasteiger partial charge in [-0.05, 0) is 155 Å². The first-order valence-corrected chi connectivity index (χ1v) is 32.5. The van der Waals surface area contributed by atoms with Gasteiger partial charge in [0.05, 0.1) is 48.7 Å². The lowest BCUT2D eigenvalue weighted by Gasteiger charge is -2.32. The molecular formula is C66H105N11O15. The summed E-state index contributed by atoms with van der Waals surface area (Å²) in [5, 5.41) is 28.1. The Morgan fingerprint density at radius 3 is 2.09 bits per heavy atom. The van der Waals surface area contributed by atoms with Crippen LogP contribution in [0.1, 0.15) is 175 Å². The molecule has 514 valence electrons. The number of nitrogens with zero attached hydrogens (tertiary/aromatic N) is 6. The van der Waals surface area contributed by atoms with Gasteiger partial charge in [0.1, 0.15) is 37.0 Å². The molecule has 4 aliphatic rings. The maximum atomic E-state index is 14.1. The van der Waals surface area contributed by atoms with Crippen LogP contribution in [0.15, 0.2) is 28.9 Å². The number of esters is 1. The average Bonchev–Trinajstić information content (AvgIpc) is 1.51. The Hall–Kier alpha value is -7.68. The molecule has 2 aliphatic heterocycles. The molecule has 5 amide bonds. The lowest BCUT2D eigenvalue weighted by molar-refractivity contribution is -0.170. The first-order valence-electron chi connectivity index (χ1n) is 32.5. The third-order valence-electron chi connectivity index (χ3n) is 15.7. The fraction of sp³-hybridized carbons (Fsp3) is 0.636. The second-order valence-electron chi connectivity index (χ2n) is 21.8. The van der Waals surface area contributed by atoms with E-state index in [1.807, 2.05) is 74.6 Å². The van der Waals surface area contributed by atoms with Gasteiger partial charge in [-0.15, -0.1) is 5.10 Å². The number of nitrogens with one attached hydrogen (secondary N) is 3. The van der Waals surface area contributed by atoms with Crippen LogP contribution in [-0.4, -0.2) is 155 Å². The van der Waals surface area contributed by atoms with E-state index in [0.29, 0.717) is 100 Å². The predicted octanol–water partition coefficient (Wildman–Crippen LogP) is 4.99. The largest absolute Gasteiger partial charge is 0.509 e. The molecule has 2 fully saturated rings. The summed E-state index contributed by atoms with van der Waals surface area (Å²) in [6.45, 7) is 26.9. The van der Waals surface area contributed by atoms with Crippen molar-refractivity contribution in [3.63, 3.8) is 0 Å². The SMILES string of the molecule is CC.CCOC(=O)C(CC)(OC(=O)OCC(NC(=O)C(CCCCN)NC=O)C(C)C)c1cc2n(c(=O)c1C)Cc1c-2nc2c(c1CC)=CC(O)=CCC=2.CCOCC.CCOCC=O.CCn1cc(CNC(=O)C2CCC(CN3C(=O)CCC3=O)CC2)nn1.CN. The van der Waals surface area contributed by atoms with Crippen LogP contribution in [0.4, 0.5) is 4.79 Å². The summed E-state index contributed by atoms with van der Waals surface area (Å²) in [6.07, 6.45) is 13.9. The third-order valence-corrected chi connectivity index (χ3v) is 15.7. The molecule has 1 saturated carbocycles. The second kappa shape index (κ2) is 43.2. The summed E-state index contributed by atoms with van der Waals surface area (Å²) in [6, 6.07) is 0.207. The number of pyridine rings is 2. The molecule has 0 aromatic carbocycles. The van der Waals surface area contributed by atoms with Gasteiger partial charge < -0.3 is 65.6 Å². The number of aliphatic hydroxyl groups excluding tert-OH is 1. The summed E-state index contributed by atoms with van der Waals surface area (Å²) in [5.41, 5.74) is 11.5. The van der Waals surface area contributed by atoms with Crippen molar-refractivity contribution < 1.29 is 67.1 Å². The van der Waals surface area contributed by atoms with Crippen molar-refractivity contribution in [3.05, 3.63) is 73.0 Å². The Balaban J connectivity index is 0.000000590. The number of aldehydes is 1. The van der Waals surface area contributed by atoms with Crippen LogP contribution in [0, 0.1) is 24.7 Å². The van der Waals surface area contributed by atoms with Crippen LogP contribution in [0.5, 0.6) is 0 Å². The molecule has 92 heavy (non-hydrogen) atoms. The molecule has 0 radical (unpaired) electrons. The molecule has 2 aliphatic carbocycles. The lowest BCUT2D eigenvalue weighted by Crippen LogP contribution is -2.51. The van der Waals surface area contributed by atoms with Crippen molar-refractivity contribution in [1.29, 1.82) is 0 Å². The normalized spacial score (nSPS) is 16.2. The highest BCUT2D eigenvalue weighted by molar-refractivity contribution is 6.02. The molecule has 1 saturated heterocycles. The number of hydrogen-bond acceptors (Lipinski definition) is 20. The van der Waals surface area contributed by atoms with Gasteiger partial charge in [-0.1, -0.05) is 52.8 Å². The maximum absolute atomic E-state index is 14.1. The first kappa shape index (κ1) is 80.4. The van der Waals surface area contributed by atoms with Crippen molar-refractivity contribution in [2.24, 2.45) is 29.2 Å². The minimum Gasteiger partial charge on any atom is -0.508 e. The zero-order chi connectivity index (χ0) is 68.9. The zero-order valence-electron chi connectivity index (χ0n) is 56.7. The minimum absolute atomic E-state index is 0.00227. The van der Waals surface area contributed by atoms with Gasteiger partial charge in [-0.3, -0.25) is 38.3 Å². The summed E-state index contributed by atoms with van der Waals surface area (Å²) in [4.78, 5) is 117. The van der Waals surface area contributed by atoms with Crippen LogP contribution in [-0.2, 0) is 88.9 Å². The van der Waals surface area contributed by atoms with E-state index in [-0.39, 0.29) is 84.8 Å². The molecule has 3 aromatic rings. The van der Waals surface area contributed by atoms with Crippen molar-refractivity contribution in [2.45, 2.75) is 197 Å². The number of carbonyl (C=O) groups excluding carboxylic acids is 8. The number of aryl methyl sites for hydroxylation is 1. The number of imide groups is 1. The van der Waals surface area contributed by atoms with E-state index >= 15 is 0 Å². The summed E-state index contributed by atoms with van der Waals surface area (Å²) < 4.78 is 29.6. The zero-order valence-corrected chi connectivity index (χ0v) is 56.7. The number of carbonyl (C=O) groups is 8. The highest BCUT2D eigenvalue weighted by atomic mass is 16.7. The lowest BCUT2D eigenvalue weighted by atomic mass is 9.81. The van der Waals surface area contributed by atoms with Crippen LogP contribution in [0.2, 0.25) is 0 Å². The highest BCUT2D eigenvalue weighted by Crippen LogP contribution is 2.38. The molecule has 5 heterocycles. The monoisotopic (exact) mass is 1290 g/mol. The van der Waals surface area contributed by atoms with Crippen molar-refractivity contribution in [2.75, 3.05) is 59.8 Å². The smallest absolute Gasteiger partial charge is 0.508 e. The quantitative estimate of drug-likeness (QED) is 0.0189. The summed E-state index contributed by atoms with van der Waals surface area (Å²) in [5.74, 6) is -1.09. The maximum Gasteiger partial charge on any atom is 0.509 e. The van der Waals surface area contributed by atoms with E-state index in [2.05, 4.69) is 36.7 Å². The number of ether oxygens (including phenoxy) is 5. The molecule has 8 N–H and O–H groups in total. The minimum atomic E-state index is -2.05. The van der Waals surface area contributed by atoms with E-state index in [0.717, 1.165) is 73.8 Å². The van der Waals surface area contributed by atoms with Crippen molar-refractivity contribution >= 4 is 60.6 Å². The molecule has 26 heteroatoms. The molecule has 3 atom stereocenters.